The number of hydrogen-bond acceptors (Lipinski definition) is 1. The van der Waals surface area contributed by atoms with Crippen LogP contribution in [0.2, 0.25) is 5.02 Å². The van der Waals surface area contributed by atoms with E-state index in [0.29, 0.717) is 28.8 Å². The third-order valence-corrected chi connectivity index (χ3v) is 4.15. The Morgan fingerprint density at radius 1 is 1.47 bits per heavy atom. The second-order valence-corrected chi connectivity index (χ2v) is 5.92. The molecule has 0 aromatic heterocycles. The van der Waals surface area contributed by atoms with Crippen molar-refractivity contribution in [2.45, 2.75) is 38.7 Å². The Hall–Kier alpha value is -0.600. The Labute approximate surface area is 107 Å². The largest absolute Gasteiger partial charge is 0.390 e. The molecule has 1 aliphatic carbocycles. The van der Waals surface area contributed by atoms with Gasteiger partial charge in [0.05, 0.1) is 5.60 Å². The summed E-state index contributed by atoms with van der Waals surface area (Å²) in [6, 6.07) is 4.65. The van der Waals surface area contributed by atoms with Crippen LogP contribution in [-0.2, 0) is 6.42 Å². The maximum Gasteiger partial charge on any atom is 0.127 e. The molecular formula is C14H18ClFO. The van der Waals surface area contributed by atoms with E-state index >= 15 is 0 Å². The highest BCUT2D eigenvalue weighted by Crippen LogP contribution is 2.44. The number of halogens is 2. The molecule has 2 rings (SSSR count). The van der Waals surface area contributed by atoms with Crippen molar-refractivity contribution in [2.24, 2.45) is 11.8 Å². The van der Waals surface area contributed by atoms with Crippen LogP contribution in [0.3, 0.4) is 0 Å². The summed E-state index contributed by atoms with van der Waals surface area (Å²) >= 11 is 5.96. The smallest absolute Gasteiger partial charge is 0.127 e. The van der Waals surface area contributed by atoms with Crippen molar-refractivity contribution in [1.82, 2.24) is 0 Å². The molecule has 1 N–H and O–H groups in total. The summed E-state index contributed by atoms with van der Waals surface area (Å²) in [4.78, 5) is 0. The first-order chi connectivity index (χ1) is 7.91. The highest BCUT2D eigenvalue weighted by atomic mass is 35.5. The molecule has 1 aromatic carbocycles. The molecule has 0 radical (unpaired) electrons. The summed E-state index contributed by atoms with van der Waals surface area (Å²) in [7, 11) is 0. The van der Waals surface area contributed by atoms with Crippen LogP contribution in [0.1, 0.15) is 32.3 Å². The highest BCUT2D eigenvalue weighted by molar-refractivity contribution is 6.31. The van der Waals surface area contributed by atoms with Gasteiger partial charge in [-0.25, -0.2) is 4.39 Å². The van der Waals surface area contributed by atoms with E-state index in [9.17, 15) is 9.50 Å². The van der Waals surface area contributed by atoms with Gasteiger partial charge in [0, 0.05) is 17.0 Å². The van der Waals surface area contributed by atoms with E-state index in [1.54, 1.807) is 12.1 Å². The van der Waals surface area contributed by atoms with Crippen LogP contribution < -0.4 is 0 Å². The Balaban J connectivity index is 2.08. The molecule has 1 nitrogen and oxygen atoms in total. The zero-order valence-electron chi connectivity index (χ0n) is 10.2. The molecule has 0 aliphatic heterocycles. The summed E-state index contributed by atoms with van der Waals surface area (Å²) in [6.45, 7) is 4.31. The first-order valence-electron chi connectivity index (χ1n) is 6.06. The fourth-order valence-corrected chi connectivity index (χ4v) is 2.79. The van der Waals surface area contributed by atoms with Gasteiger partial charge in [0.25, 0.3) is 0 Å². The number of hydrogen-bond donors (Lipinski definition) is 1. The van der Waals surface area contributed by atoms with E-state index in [2.05, 4.69) is 13.8 Å². The van der Waals surface area contributed by atoms with Crippen molar-refractivity contribution in [3.05, 3.63) is 34.6 Å². The summed E-state index contributed by atoms with van der Waals surface area (Å²) in [6.07, 6.45) is 1.81. The monoisotopic (exact) mass is 256 g/mol. The Morgan fingerprint density at radius 2 is 2.12 bits per heavy atom. The number of benzene rings is 1. The molecule has 0 amide bonds. The predicted molar refractivity (Wildman–Crippen MR) is 67.6 cm³/mol. The lowest BCUT2D eigenvalue weighted by atomic mass is 9.64. The fourth-order valence-electron chi connectivity index (χ4n) is 2.56. The quantitative estimate of drug-likeness (QED) is 0.872. The van der Waals surface area contributed by atoms with Gasteiger partial charge in [0.2, 0.25) is 0 Å². The van der Waals surface area contributed by atoms with Gasteiger partial charge in [-0.2, -0.15) is 0 Å². The van der Waals surface area contributed by atoms with Gasteiger partial charge in [0.15, 0.2) is 0 Å². The second kappa shape index (κ2) is 4.58. The van der Waals surface area contributed by atoms with E-state index < -0.39 is 5.60 Å². The fraction of sp³-hybridized carbons (Fsp3) is 0.571. The Bertz CT molecular complexity index is 390. The van der Waals surface area contributed by atoms with Gasteiger partial charge in [-0.15, -0.1) is 0 Å². The van der Waals surface area contributed by atoms with Crippen LogP contribution in [0.25, 0.3) is 0 Å². The molecule has 0 atom stereocenters. The van der Waals surface area contributed by atoms with Gasteiger partial charge in [-0.3, -0.25) is 0 Å². The molecule has 0 saturated heterocycles. The van der Waals surface area contributed by atoms with E-state index in [0.717, 1.165) is 12.8 Å². The SMILES string of the molecule is CC(C)C1CC(O)(Cc2c(F)cccc2Cl)C1. The van der Waals surface area contributed by atoms with Crippen LogP contribution in [0.4, 0.5) is 4.39 Å². The number of rotatable bonds is 3. The first-order valence-corrected chi connectivity index (χ1v) is 6.44. The van der Waals surface area contributed by atoms with Crippen LogP contribution in [-0.4, -0.2) is 10.7 Å². The van der Waals surface area contributed by atoms with E-state index in [4.69, 9.17) is 11.6 Å². The second-order valence-electron chi connectivity index (χ2n) is 5.51. The van der Waals surface area contributed by atoms with E-state index in [-0.39, 0.29) is 5.82 Å². The van der Waals surface area contributed by atoms with Gasteiger partial charge in [-0.1, -0.05) is 31.5 Å². The van der Waals surface area contributed by atoms with E-state index in [1.807, 2.05) is 0 Å². The minimum absolute atomic E-state index is 0.320. The minimum atomic E-state index is -0.763. The summed E-state index contributed by atoms with van der Waals surface area (Å²) in [5.41, 5.74) is -0.320. The van der Waals surface area contributed by atoms with Crippen LogP contribution >= 0.6 is 11.6 Å². The molecule has 1 aromatic rings. The van der Waals surface area contributed by atoms with Crippen molar-refractivity contribution in [3.63, 3.8) is 0 Å². The topological polar surface area (TPSA) is 20.2 Å². The van der Waals surface area contributed by atoms with Gasteiger partial charge in [-0.05, 0) is 36.8 Å². The summed E-state index contributed by atoms with van der Waals surface area (Å²) in [5, 5.41) is 10.7. The average molecular weight is 257 g/mol. The Morgan fingerprint density at radius 3 is 2.65 bits per heavy atom. The summed E-state index contributed by atoms with van der Waals surface area (Å²) in [5.74, 6) is 0.802. The maximum atomic E-state index is 13.6. The van der Waals surface area contributed by atoms with Crippen LogP contribution in [0.5, 0.6) is 0 Å². The zero-order chi connectivity index (χ0) is 12.6. The van der Waals surface area contributed by atoms with Crippen molar-refractivity contribution in [1.29, 1.82) is 0 Å². The standard InChI is InChI=1S/C14H18ClFO/c1-9(2)10-6-14(17,7-10)8-11-12(15)4-3-5-13(11)16/h3-5,9-10,17H,6-8H2,1-2H3. The minimum Gasteiger partial charge on any atom is -0.390 e. The number of aliphatic hydroxyl groups is 1. The molecule has 0 heterocycles. The summed E-state index contributed by atoms with van der Waals surface area (Å²) < 4.78 is 13.6. The molecule has 17 heavy (non-hydrogen) atoms. The molecule has 0 bridgehead atoms. The third kappa shape index (κ3) is 2.63. The highest BCUT2D eigenvalue weighted by Gasteiger charge is 2.44. The molecule has 1 aliphatic rings. The van der Waals surface area contributed by atoms with Gasteiger partial charge in [0.1, 0.15) is 5.82 Å². The maximum absolute atomic E-state index is 13.6. The normalized spacial score (nSPS) is 28.2. The molecular weight excluding hydrogens is 239 g/mol. The lowest BCUT2D eigenvalue weighted by molar-refractivity contribution is -0.0864. The Kier molecular flexibility index (Phi) is 3.46. The lowest BCUT2D eigenvalue weighted by Gasteiger charge is -2.46. The molecule has 0 unspecified atom stereocenters. The van der Waals surface area contributed by atoms with Crippen molar-refractivity contribution in [3.8, 4) is 0 Å². The average Bonchev–Trinajstić information content (AvgIpc) is 2.19. The molecule has 94 valence electrons. The van der Waals surface area contributed by atoms with Crippen molar-refractivity contribution < 1.29 is 9.50 Å². The third-order valence-electron chi connectivity index (χ3n) is 3.79. The zero-order valence-corrected chi connectivity index (χ0v) is 11.0. The predicted octanol–water partition coefficient (Wildman–Crippen LogP) is 3.82. The van der Waals surface area contributed by atoms with E-state index in [1.165, 1.54) is 6.07 Å². The molecule has 0 spiro atoms. The molecule has 1 fully saturated rings. The first kappa shape index (κ1) is 12.8. The lowest BCUT2D eigenvalue weighted by Crippen LogP contribution is -2.47. The van der Waals surface area contributed by atoms with Crippen LogP contribution in [0, 0.1) is 17.7 Å². The van der Waals surface area contributed by atoms with Crippen LogP contribution in [0.15, 0.2) is 18.2 Å². The van der Waals surface area contributed by atoms with Gasteiger partial charge >= 0.3 is 0 Å². The van der Waals surface area contributed by atoms with Crippen molar-refractivity contribution in [2.75, 3.05) is 0 Å². The molecule has 3 heteroatoms. The van der Waals surface area contributed by atoms with Gasteiger partial charge < -0.3 is 5.11 Å². The molecule has 1 saturated carbocycles. The van der Waals surface area contributed by atoms with Crippen molar-refractivity contribution >= 4 is 11.6 Å².